The molecule has 1 saturated heterocycles. The lowest BCUT2D eigenvalue weighted by atomic mass is 10.1. The topological polar surface area (TPSA) is 79.8 Å². The summed E-state index contributed by atoms with van der Waals surface area (Å²) < 4.78 is 10.7. The average Bonchev–Trinajstić information content (AvgIpc) is 3.05. The van der Waals surface area contributed by atoms with Gasteiger partial charge in [0, 0.05) is 37.4 Å². The molecule has 1 N–H and O–H groups in total. The Labute approximate surface area is 164 Å². The van der Waals surface area contributed by atoms with Gasteiger partial charge in [0.15, 0.2) is 11.5 Å². The van der Waals surface area contributed by atoms with Gasteiger partial charge in [0.2, 0.25) is 12.7 Å². The molecule has 1 amide bonds. The molecule has 0 saturated carbocycles. The number of rotatable bonds is 6. The van der Waals surface area contributed by atoms with E-state index < -0.39 is 0 Å². The van der Waals surface area contributed by atoms with Crippen LogP contribution in [0.25, 0.3) is 0 Å². The molecular weight excluding hydrogens is 358 g/mol. The molecule has 2 aromatic rings. The standard InChI is InChI=1S/C20H25N5O3/c1-13-6-19(23-14(2)22-13)25-9-16(10-25)24(3)11-20(26)21-8-15-4-5-17-18(7-15)28-12-27-17/h4-7,16H,8-12H2,1-3H3,(H,21,26). The van der Waals surface area contributed by atoms with Gasteiger partial charge in [-0.15, -0.1) is 0 Å². The first kappa shape index (κ1) is 18.5. The molecule has 148 valence electrons. The second-order valence-electron chi connectivity index (χ2n) is 7.35. The molecule has 0 atom stereocenters. The van der Waals surface area contributed by atoms with Gasteiger partial charge in [0.25, 0.3) is 0 Å². The number of fused-ring (bicyclic) bond motifs is 1. The maximum atomic E-state index is 12.3. The van der Waals surface area contributed by atoms with E-state index in [2.05, 4.69) is 25.1 Å². The summed E-state index contributed by atoms with van der Waals surface area (Å²) in [5.41, 5.74) is 1.96. The summed E-state index contributed by atoms with van der Waals surface area (Å²) in [5, 5.41) is 2.97. The number of ether oxygens (including phenoxy) is 2. The Morgan fingerprint density at radius 3 is 2.79 bits per heavy atom. The number of amides is 1. The minimum atomic E-state index is 0.00680. The van der Waals surface area contributed by atoms with E-state index >= 15 is 0 Å². The van der Waals surface area contributed by atoms with Crippen LogP contribution in [0.2, 0.25) is 0 Å². The fourth-order valence-corrected chi connectivity index (χ4v) is 3.44. The maximum absolute atomic E-state index is 12.3. The van der Waals surface area contributed by atoms with Gasteiger partial charge in [-0.1, -0.05) is 6.07 Å². The zero-order valence-electron chi connectivity index (χ0n) is 16.4. The summed E-state index contributed by atoms with van der Waals surface area (Å²) in [6.07, 6.45) is 0. The van der Waals surface area contributed by atoms with Gasteiger partial charge in [-0.25, -0.2) is 9.97 Å². The van der Waals surface area contributed by atoms with Crippen molar-refractivity contribution < 1.29 is 14.3 Å². The lowest BCUT2D eigenvalue weighted by Gasteiger charge is -2.44. The highest BCUT2D eigenvalue weighted by molar-refractivity contribution is 5.78. The minimum Gasteiger partial charge on any atom is -0.454 e. The fraction of sp³-hybridized carbons (Fsp3) is 0.450. The molecule has 0 spiro atoms. The zero-order chi connectivity index (χ0) is 19.7. The van der Waals surface area contributed by atoms with Crippen molar-refractivity contribution in [3.63, 3.8) is 0 Å². The summed E-state index contributed by atoms with van der Waals surface area (Å²) in [6, 6.07) is 8.05. The van der Waals surface area contributed by atoms with Crippen LogP contribution in [0.15, 0.2) is 24.3 Å². The van der Waals surface area contributed by atoms with Gasteiger partial charge < -0.3 is 19.7 Å². The first-order valence-corrected chi connectivity index (χ1v) is 9.40. The van der Waals surface area contributed by atoms with Crippen molar-refractivity contribution in [2.24, 2.45) is 0 Å². The number of carbonyl (C=O) groups excluding carboxylic acids is 1. The summed E-state index contributed by atoms with van der Waals surface area (Å²) in [5.74, 6) is 3.23. The van der Waals surface area contributed by atoms with E-state index in [0.29, 0.717) is 19.1 Å². The Morgan fingerprint density at radius 2 is 2.00 bits per heavy atom. The number of aryl methyl sites for hydroxylation is 2. The van der Waals surface area contributed by atoms with E-state index in [1.165, 1.54) is 0 Å². The SMILES string of the molecule is Cc1cc(N2CC(N(C)CC(=O)NCc3ccc4c(c3)OCO4)C2)nc(C)n1. The third-order valence-electron chi connectivity index (χ3n) is 5.08. The molecule has 0 unspecified atom stereocenters. The summed E-state index contributed by atoms with van der Waals surface area (Å²) >= 11 is 0. The number of benzene rings is 1. The molecule has 1 fully saturated rings. The zero-order valence-corrected chi connectivity index (χ0v) is 16.4. The highest BCUT2D eigenvalue weighted by Gasteiger charge is 2.31. The van der Waals surface area contributed by atoms with Gasteiger partial charge in [-0.05, 0) is 38.6 Å². The lowest BCUT2D eigenvalue weighted by Crippen LogP contribution is -2.60. The number of hydrogen-bond acceptors (Lipinski definition) is 7. The van der Waals surface area contributed by atoms with Crippen molar-refractivity contribution >= 4 is 11.7 Å². The Bertz CT molecular complexity index is 862. The normalized spacial score (nSPS) is 15.6. The summed E-state index contributed by atoms with van der Waals surface area (Å²) in [6.45, 7) is 6.70. The first-order chi connectivity index (χ1) is 13.5. The number of hydrogen-bond donors (Lipinski definition) is 1. The van der Waals surface area contributed by atoms with E-state index in [4.69, 9.17) is 9.47 Å². The molecule has 8 nitrogen and oxygen atoms in total. The van der Waals surface area contributed by atoms with Crippen LogP contribution < -0.4 is 19.7 Å². The molecular formula is C20H25N5O3. The molecule has 0 radical (unpaired) electrons. The van der Waals surface area contributed by atoms with Gasteiger partial charge >= 0.3 is 0 Å². The fourth-order valence-electron chi connectivity index (χ4n) is 3.44. The quantitative estimate of drug-likeness (QED) is 0.804. The van der Waals surface area contributed by atoms with Gasteiger partial charge in [-0.3, -0.25) is 9.69 Å². The third-order valence-corrected chi connectivity index (χ3v) is 5.08. The smallest absolute Gasteiger partial charge is 0.234 e. The van der Waals surface area contributed by atoms with Gasteiger partial charge in [0.1, 0.15) is 11.6 Å². The van der Waals surface area contributed by atoms with Crippen LogP contribution in [-0.4, -0.2) is 60.3 Å². The average molecular weight is 383 g/mol. The highest BCUT2D eigenvalue weighted by Crippen LogP contribution is 2.32. The van der Waals surface area contributed by atoms with Crippen molar-refractivity contribution in [1.29, 1.82) is 0 Å². The van der Waals surface area contributed by atoms with E-state index in [0.717, 1.165) is 47.5 Å². The van der Waals surface area contributed by atoms with E-state index in [1.54, 1.807) is 0 Å². The second-order valence-corrected chi connectivity index (χ2v) is 7.35. The molecule has 2 aliphatic rings. The second kappa shape index (κ2) is 7.63. The van der Waals surface area contributed by atoms with E-state index in [1.807, 2.05) is 45.2 Å². The third kappa shape index (κ3) is 4.01. The Morgan fingerprint density at radius 1 is 1.21 bits per heavy atom. The van der Waals surface area contributed by atoms with Crippen LogP contribution in [0.1, 0.15) is 17.1 Å². The monoisotopic (exact) mass is 383 g/mol. The lowest BCUT2D eigenvalue weighted by molar-refractivity contribution is -0.122. The molecule has 1 aromatic heterocycles. The Hall–Kier alpha value is -2.87. The van der Waals surface area contributed by atoms with Crippen LogP contribution in [0.4, 0.5) is 5.82 Å². The number of aromatic nitrogens is 2. The van der Waals surface area contributed by atoms with Crippen LogP contribution in [0.3, 0.4) is 0 Å². The molecule has 28 heavy (non-hydrogen) atoms. The predicted octanol–water partition coefficient (Wildman–Crippen LogP) is 1.26. The molecule has 8 heteroatoms. The van der Waals surface area contributed by atoms with E-state index in [9.17, 15) is 4.79 Å². The molecule has 3 heterocycles. The van der Waals surface area contributed by atoms with Crippen LogP contribution in [0.5, 0.6) is 11.5 Å². The summed E-state index contributed by atoms with van der Waals surface area (Å²) in [4.78, 5) is 25.4. The molecule has 4 rings (SSSR count). The predicted molar refractivity (Wildman–Crippen MR) is 105 cm³/mol. The minimum absolute atomic E-state index is 0.00680. The van der Waals surface area contributed by atoms with Crippen molar-refractivity contribution in [3.05, 3.63) is 41.3 Å². The largest absolute Gasteiger partial charge is 0.454 e. The van der Waals surface area contributed by atoms with Crippen molar-refractivity contribution in [3.8, 4) is 11.5 Å². The molecule has 1 aromatic carbocycles. The van der Waals surface area contributed by atoms with Crippen LogP contribution in [0, 0.1) is 13.8 Å². The Kier molecular flexibility index (Phi) is 5.04. The summed E-state index contributed by atoms with van der Waals surface area (Å²) in [7, 11) is 1.98. The Balaban J connectivity index is 1.23. The molecule has 0 bridgehead atoms. The van der Waals surface area contributed by atoms with Gasteiger partial charge in [0.05, 0.1) is 6.54 Å². The van der Waals surface area contributed by atoms with E-state index in [-0.39, 0.29) is 12.7 Å². The van der Waals surface area contributed by atoms with Crippen LogP contribution in [-0.2, 0) is 11.3 Å². The maximum Gasteiger partial charge on any atom is 0.234 e. The van der Waals surface area contributed by atoms with Crippen molar-refractivity contribution in [2.75, 3.05) is 38.4 Å². The number of nitrogens with one attached hydrogen (secondary N) is 1. The molecule has 2 aliphatic heterocycles. The number of anilines is 1. The molecule has 0 aliphatic carbocycles. The number of likely N-dealkylation sites (N-methyl/N-ethyl adjacent to an activating group) is 1. The number of nitrogens with zero attached hydrogens (tertiary/aromatic N) is 4. The van der Waals surface area contributed by atoms with Crippen molar-refractivity contribution in [1.82, 2.24) is 20.2 Å². The number of carbonyl (C=O) groups is 1. The van der Waals surface area contributed by atoms with Crippen molar-refractivity contribution in [2.45, 2.75) is 26.4 Å². The van der Waals surface area contributed by atoms with Crippen LogP contribution >= 0.6 is 0 Å². The highest BCUT2D eigenvalue weighted by atomic mass is 16.7. The van der Waals surface area contributed by atoms with Gasteiger partial charge in [-0.2, -0.15) is 0 Å². The first-order valence-electron chi connectivity index (χ1n) is 9.40.